The zero-order valence-electron chi connectivity index (χ0n) is 12.7. The highest BCUT2D eigenvalue weighted by molar-refractivity contribution is 6.01. The third kappa shape index (κ3) is 2.80. The molecule has 0 bridgehead atoms. The number of likely N-dealkylation sites (tertiary alicyclic amines) is 1. The smallest absolute Gasteiger partial charge is 0.254 e. The fourth-order valence-electron chi connectivity index (χ4n) is 2.91. The highest BCUT2D eigenvalue weighted by Crippen LogP contribution is 2.28. The van der Waals surface area contributed by atoms with Crippen LogP contribution in [0.15, 0.2) is 48.5 Å². The number of ketones is 1. The van der Waals surface area contributed by atoms with Crippen molar-refractivity contribution in [2.45, 2.75) is 19.8 Å². The number of hydrogen-bond acceptors (Lipinski definition) is 2. The minimum absolute atomic E-state index is 0.0198. The molecule has 1 fully saturated rings. The highest BCUT2D eigenvalue weighted by Gasteiger charge is 2.23. The van der Waals surface area contributed by atoms with E-state index in [-0.39, 0.29) is 11.7 Å². The molecule has 0 aliphatic carbocycles. The number of nitrogens with zero attached hydrogens (tertiary/aromatic N) is 1. The van der Waals surface area contributed by atoms with E-state index in [9.17, 15) is 9.59 Å². The molecule has 0 spiro atoms. The van der Waals surface area contributed by atoms with E-state index in [0.29, 0.717) is 31.5 Å². The Bertz CT molecular complexity index is 711. The second-order valence-corrected chi connectivity index (χ2v) is 5.69. The van der Waals surface area contributed by atoms with Gasteiger partial charge in [-0.05, 0) is 29.7 Å². The molecule has 0 atom stereocenters. The standard InChI is InChI=1S/C19H19NO2/c1-14-6-2-3-7-16(14)17-8-4-5-9-18(17)19(22)20-12-10-15(21)11-13-20/h2-9H,10-13H2,1H3. The number of benzene rings is 2. The summed E-state index contributed by atoms with van der Waals surface area (Å²) >= 11 is 0. The van der Waals surface area contributed by atoms with Gasteiger partial charge in [0, 0.05) is 31.5 Å². The van der Waals surface area contributed by atoms with Gasteiger partial charge in [0.15, 0.2) is 0 Å². The van der Waals surface area contributed by atoms with Crippen molar-refractivity contribution in [3.8, 4) is 11.1 Å². The van der Waals surface area contributed by atoms with Gasteiger partial charge in [-0.2, -0.15) is 0 Å². The van der Waals surface area contributed by atoms with Crippen LogP contribution in [0.1, 0.15) is 28.8 Å². The van der Waals surface area contributed by atoms with Crippen molar-refractivity contribution in [1.82, 2.24) is 4.90 Å². The Morgan fingerprint density at radius 1 is 0.909 bits per heavy atom. The van der Waals surface area contributed by atoms with E-state index < -0.39 is 0 Å². The molecule has 0 radical (unpaired) electrons. The number of aryl methyl sites for hydroxylation is 1. The zero-order chi connectivity index (χ0) is 15.5. The summed E-state index contributed by atoms with van der Waals surface area (Å²) in [5.41, 5.74) is 3.91. The third-order valence-electron chi connectivity index (χ3n) is 4.20. The van der Waals surface area contributed by atoms with E-state index in [4.69, 9.17) is 0 Å². The number of piperidine rings is 1. The summed E-state index contributed by atoms with van der Waals surface area (Å²) in [7, 11) is 0. The first-order valence-corrected chi connectivity index (χ1v) is 7.63. The van der Waals surface area contributed by atoms with Crippen molar-refractivity contribution in [1.29, 1.82) is 0 Å². The van der Waals surface area contributed by atoms with Crippen LogP contribution in [0, 0.1) is 6.92 Å². The van der Waals surface area contributed by atoms with Gasteiger partial charge in [-0.15, -0.1) is 0 Å². The summed E-state index contributed by atoms with van der Waals surface area (Å²) in [6.07, 6.45) is 0.941. The Morgan fingerprint density at radius 3 is 2.18 bits per heavy atom. The summed E-state index contributed by atoms with van der Waals surface area (Å²) in [5, 5.41) is 0. The Balaban J connectivity index is 1.96. The van der Waals surface area contributed by atoms with Crippen molar-refractivity contribution in [2.75, 3.05) is 13.1 Å². The van der Waals surface area contributed by atoms with Crippen LogP contribution in [0.25, 0.3) is 11.1 Å². The largest absolute Gasteiger partial charge is 0.338 e. The fraction of sp³-hybridized carbons (Fsp3) is 0.263. The molecule has 1 aliphatic heterocycles. The van der Waals surface area contributed by atoms with E-state index in [1.165, 1.54) is 0 Å². The SMILES string of the molecule is Cc1ccccc1-c1ccccc1C(=O)N1CCC(=O)CC1. The van der Waals surface area contributed by atoms with Crippen molar-refractivity contribution in [3.63, 3.8) is 0 Å². The predicted octanol–water partition coefficient (Wildman–Crippen LogP) is 3.47. The summed E-state index contributed by atoms with van der Waals surface area (Å²) < 4.78 is 0. The quantitative estimate of drug-likeness (QED) is 0.850. The van der Waals surface area contributed by atoms with Crippen molar-refractivity contribution in [2.24, 2.45) is 0 Å². The van der Waals surface area contributed by atoms with Gasteiger partial charge in [0.2, 0.25) is 0 Å². The van der Waals surface area contributed by atoms with Gasteiger partial charge >= 0.3 is 0 Å². The number of Topliss-reactive ketones (excluding diaryl/α,β-unsaturated/α-hetero) is 1. The lowest BCUT2D eigenvalue weighted by atomic mass is 9.95. The lowest BCUT2D eigenvalue weighted by Crippen LogP contribution is -2.38. The van der Waals surface area contributed by atoms with Crippen LogP contribution in [-0.2, 0) is 4.79 Å². The molecule has 3 nitrogen and oxygen atoms in total. The lowest BCUT2D eigenvalue weighted by molar-refractivity contribution is -0.120. The van der Waals surface area contributed by atoms with Crippen LogP contribution < -0.4 is 0 Å². The Morgan fingerprint density at radius 2 is 1.50 bits per heavy atom. The minimum atomic E-state index is 0.0198. The summed E-state index contributed by atoms with van der Waals surface area (Å²) in [6.45, 7) is 3.11. The van der Waals surface area contributed by atoms with E-state index in [1.54, 1.807) is 4.90 Å². The van der Waals surface area contributed by atoms with Crippen molar-refractivity contribution < 1.29 is 9.59 Å². The topological polar surface area (TPSA) is 37.4 Å². The van der Waals surface area contributed by atoms with Gasteiger partial charge in [0.1, 0.15) is 5.78 Å². The Kier molecular flexibility index (Phi) is 4.05. The first-order valence-electron chi connectivity index (χ1n) is 7.63. The van der Waals surface area contributed by atoms with Crippen LogP contribution in [0.5, 0.6) is 0 Å². The average molecular weight is 293 g/mol. The van der Waals surface area contributed by atoms with Crippen molar-refractivity contribution in [3.05, 3.63) is 59.7 Å². The maximum absolute atomic E-state index is 12.8. The third-order valence-corrected chi connectivity index (χ3v) is 4.20. The number of hydrogen-bond donors (Lipinski definition) is 0. The molecule has 0 unspecified atom stereocenters. The van der Waals surface area contributed by atoms with Gasteiger partial charge < -0.3 is 4.90 Å². The molecule has 2 aromatic rings. The normalized spacial score (nSPS) is 15.0. The first-order chi connectivity index (χ1) is 10.7. The van der Waals surface area contributed by atoms with Crippen molar-refractivity contribution >= 4 is 11.7 Å². The summed E-state index contributed by atoms with van der Waals surface area (Å²) in [4.78, 5) is 26.0. The van der Waals surface area contributed by atoms with E-state index >= 15 is 0 Å². The number of rotatable bonds is 2. The molecule has 1 heterocycles. The van der Waals surface area contributed by atoms with Gasteiger partial charge in [-0.1, -0.05) is 42.5 Å². The maximum atomic E-state index is 12.8. The molecule has 2 aromatic carbocycles. The van der Waals surface area contributed by atoms with Gasteiger partial charge in [-0.25, -0.2) is 0 Å². The number of carbonyl (C=O) groups is 2. The molecule has 1 saturated heterocycles. The molecule has 3 rings (SSSR count). The van der Waals surface area contributed by atoms with Crippen LogP contribution >= 0.6 is 0 Å². The Labute approximate surface area is 130 Å². The molecule has 0 N–H and O–H groups in total. The number of carbonyl (C=O) groups excluding carboxylic acids is 2. The van der Waals surface area contributed by atoms with E-state index in [1.807, 2.05) is 42.5 Å². The van der Waals surface area contributed by atoms with E-state index in [2.05, 4.69) is 13.0 Å². The summed E-state index contributed by atoms with van der Waals surface area (Å²) in [5.74, 6) is 0.266. The molecule has 1 amide bonds. The van der Waals surface area contributed by atoms with Crippen LogP contribution in [0.3, 0.4) is 0 Å². The molecule has 112 valence electrons. The second kappa shape index (κ2) is 6.14. The van der Waals surface area contributed by atoms with E-state index in [0.717, 1.165) is 16.7 Å². The van der Waals surface area contributed by atoms with Gasteiger partial charge in [-0.3, -0.25) is 9.59 Å². The van der Waals surface area contributed by atoms with Crippen LogP contribution in [-0.4, -0.2) is 29.7 Å². The highest BCUT2D eigenvalue weighted by atomic mass is 16.2. The molecule has 3 heteroatoms. The first kappa shape index (κ1) is 14.5. The molecular formula is C19H19NO2. The minimum Gasteiger partial charge on any atom is -0.338 e. The molecule has 22 heavy (non-hydrogen) atoms. The molecule has 1 aliphatic rings. The fourth-order valence-corrected chi connectivity index (χ4v) is 2.91. The summed E-state index contributed by atoms with van der Waals surface area (Å²) in [6, 6.07) is 15.8. The van der Waals surface area contributed by atoms with Crippen LogP contribution in [0.2, 0.25) is 0 Å². The molecule has 0 aromatic heterocycles. The second-order valence-electron chi connectivity index (χ2n) is 5.69. The maximum Gasteiger partial charge on any atom is 0.254 e. The lowest BCUT2D eigenvalue weighted by Gasteiger charge is -2.27. The monoisotopic (exact) mass is 293 g/mol. The van der Waals surface area contributed by atoms with Gasteiger partial charge in [0.25, 0.3) is 5.91 Å². The van der Waals surface area contributed by atoms with Gasteiger partial charge in [0.05, 0.1) is 0 Å². The van der Waals surface area contributed by atoms with Crippen LogP contribution in [0.4, 0.5) is 0 Å². The molecular weight excluding hydrogens is 274 g/mol. The molecule has 0 saturated carbocycles. The average Bonchev–Trinajstić information content (AvgIpc) is 2.55. The predicted molar refractivity (Wildman–Crippen MR) is 86.8 cm³/mol. The zero-order valence-corrected chi connectivity index (χ0v) is 12.7. The number of amides is 1. The Hall–Kier alpha value is -2.42.